The number of nitrogens with zero attached hydrogens (tertiary/aromatic N) is 1. The quantitative estimate of drug-likeness (QED) is 0.751. The highest BCUT2D eigenvalue weighted by atomic mass is 79.9. The van der Waals surface area contributed by atoms with E-state index in [1.165, 1.54) is 30.6 Å². The fraction of sp³-hybridized carbons (Fsp3) is 0.571. The van der Waals surface area contributed by atoms with E-state index in [1.807, 2.05) is 0 Å². The molecule has 1 aliphatic heterocycles. The number of halogens is 1. The molecule has 1 aliphatic rings. The maximum atomic E-state index is 3.49. The molecule has 0 bridgehead atoms. The maximum absolute atomic E-state index is 3.49. The molecule has 16 heavy (non-hydrogen) atoms. The fourth-order valence-corrected chi connectivity index (χ4v) is 2.96. The largest absolute Gasteiger partial charge is 0.368 e. The summed E-state index contributed by atoms with van der Waals surface area (Å²) in [6, 6.07) is 9.70. The number of hydrogen-bond acceptors (Lipinski definition) is 1. The van der Waals surface area contributed by atoms with Crippen molar-refractivity contribution >= 4 is 21.6 Å². The predicted octanol–water partition coefficient (Wildman–Crippen LogP) is 4.21. The van der Waals surface area contributed by atoms with Gasteiger partial charge in [-0.1, -0.05) is 41.9 Å². The van der Waals surface area contributed by atoms with E-state index < -0.39 is 0 Å². The lowest BCUT2D eigenvalue weighted by atomic mass is 10.0. The van der Waals surface area contributed by atoms with Crippen LogP contribution in [0.5, 0.6) is 0 Å². The monoisotopic (exact) mass is 281 g/mol. The molecule has 1 fully saturated rings. The zero-order valence-electron chi connectivity index (χ0n) is 10.1. The first-order valence-electron chi connectivity index (χ1n) is 6.14. The first-order valence-corrected chi connectivity index (χ1v) is 7.26. The SMILES string of the molecule is CC(C)C1CCCN1c1ccc(CBr)cc1. The predicted molar refractivity (Wildman–Crippen MR) is 74.3 cm³/mol. The molecule has 0 aliphatic carbocycles. The van der Waals surface area contributed by atoms with E-state index in [0.29, 0.717) is 0 Å². The number of rotatable bonds is 3. The molecule has 1 aromatic rings. The van der Waals surface area contributed by atoms with Crippen molar-refractivity contribution in [2.24, 2.45) is 5.92 Å². The molecule has 1 atom stereocenters. The van der Waals surface area contributed by atoms with Crippen molar-refractivity contribution in [1.29, 1.82) is 0 Å². The normalized spacial score (nSPS) is 20.8. The summed E-state index contributed by atoms with van der Waals surface area (Å²) < 4.78 is 0. The van der Waals surface area contributed by atoms with Gasteiger partial charge in [0.05, 0.1) is 0 Å². The van der Waals surface area contributed by atoms with Crippen molar-refractivity contribution in [1.82, 2.24) is 0 Å². The molecule has 1 heterocycles. The van der Waals surface area contributed by atoms with Gasteiger partial charge in [0.1, 0.15) is 0 Å². The lowest BCUT2D eigenvalue weighted by Gasteiger charge is -2.29. The Kier molecular flexibility index (Phi) is 3.91. The molecular weight excluding hydrogens is 262 g/mol. The molecule has 0 aromatic heterocycles. The Morgan fingerprint density at radius 2 is 2.00 bits per heavy atom. The van der Waals surface area contributed by atoms with E-state index in [1.54, 1.807) is 0 Å². The third-order valence-corrected chi connectivity index (χ3v) is 4.14. The van der Waals surface area contributed by atoms with Gasteiger partial charge in [-0.3, -0.25) is 0 Å². The van der Waals surface area contributed by atoms with E-state index in [0.717, 1.165) is 17.3 Å². The van der Waals surface area contributed by atoms with Gasteiger partial charge in [-0.15, -0.1) is 0 Å². The van der Waals surface area contributed by atoms with Crippen LogP contribution in [0, 0.1) is 5.92 Å². The minimum absolute atomic E-state index is 0.731. The summed E-state index contributed by atoms with van der Waals surface area (Å²) in [6.07, 6.45) is 2.68. The lowest BCUT2D eigenvalue weighted by Crippen LogP contribution is -2.33. The van der Waals surface area contributed by atoms with Gasteiger partial charge >= 0.3 is 0 Å². The van der Waals surface area contributed by atoms with Gasteiger partial charge in [0.2, 0.25) is 0 Å². The van der Waals surface area contributed by atoms with Crippen molar-refractivity contribution in [3.8, 4) is 0 Å². The summed E-state index contributed by atoms with van der Waals surface area (Å²) in [5, 5.41) is 0.945. The second-order valence-corrected chi connectivity index (χ2v) is 5.51. The Bertz CT molecular complexity index is 331. The summed E-state index contributed by atoms with van der Waals surface area (Å²) in [5.74, 6) is 0.748. The van der Waals surface area contributed by atoms with Crippen LogP contribution >= 0.6 is 15.9 Å². The number of alkyl halides is 1. The van der Waals surface area contributed by atoms with Crippen molar-refractivity contribution in [3.05, 3.63) is 29.8 Å². The molecule has 1 saturated heterocycles. The van der Waals surface area contributed by atoms with Crippen LogP contribution in [0.1, 0.15) is 32.3 Å². The van der Waals surface area contributed by atoms with E-state index in [4.69, 9.17) is 0 Å². The highest BCUT2D eigenvalue weighted by molar-refractivity contribution is 9.08. The van der Waals surface area contributed by atoms with Crippen molar-refractivity contribution in [2.75, 3.05) is 11.4 Å². The average Bonchev–Trinajstić information content (AvgIpc) is 2.78. The summed E-state index contributed by atoms with van der Waals surface area (Å²) in [6.45, 7) is 5.88. The molecule has 0 N–H and O–H groups in total. The molecule has 1 nitrogen and oxygen atoms in total. The van der Waals surface area contributed by atoms with Gasteiger partial charge in [-0.25, -0.2) is 0 Å². The molecular formula is C14H20BrN. The van der Waals surface area contributed by atoms with Crippen LogP contribution in [-0.2, 0) is 5.33 Å². The van der Waals surface area contributed by atoms with Crippen LogP contribution in [0.25, 0.3) is 0 Å². The van der Waals surface area contributed by atoms with Crippen LogP contribution in [0.3, 0.4) is 0 Å². The van der Waals surface area contributed by atoms with E-state index >= 15 is 0 Å². The summed E-state index contributed by atoms with van der Waals surface area (Å²) in [4.78, 5) is 2.57. The molecule has 0 spiro atoms. The zero-order chi connectivity index (χ0) is 11.5. The third-order valence-electron chi connectivity index (χ3n) is 3.49. The fourth-order valence-electron chi connectivity index (χ4n) is 2.58. The van der Waals surface area contributed by atoms with Gasteiger partial charge in [-0.05, 0) is 36.5 Å². The Morgan fingerprint density at radius 3 is 2.56 bits per heavy atom. The van der Waals surface area contributed by atoms with E-state index in [2.05, 4.69) is 58.9 Å². The number of anilines is 1. The molecule has 88 valence electrons. The van der Waals surface area contributed by atoms with E-state index in [-0.39, 0.29) is 0 Å². The Hall–Kier alpha value is -0.500. The van der Waals surface area contributed by atoms with Gasteiger partial charge in [0.25, 0.3) is 0 Å². The first-order chi connectivity index (χ1) is 7.72. The van der Waals surface area contributed by atoms with Crippen molar-refractivity contribution in [2.45, 2.75) is 38.1 Å². The minimum atomic E-state index is 0.731. The van der Waals surface area contributed by atoms with Crippen molar-refractivity contribution in [3.63, 3.8) is 0 Å². The zero-order valence-corrected chi connectivity index (χ0v) is 11.7. The molecule has 1 unspecified atom stereocenters. The van der Waals surface area contributed by atoms with Crippen LogP contribution in [0.4, 0.5) is 5.69 Å². The van der Waals surface area contributed by atoms with Crippen LogP contribution < -0.4 is 4.90 Å². The van der Waals surface area contributed by atoms with Gasteiger partial charge in [0.15, 0.2) is 0 Å². The first kappa shape index (κ1) is 12.0. The lowest BCUT2D eigenvalue weighted by molar-refractivity contribution is 0.492. The highest BCUT2D eigenvalue weighted by Gasteiger charge is 2.26. The number of hydrogen-bond donors (Lipinski definition) is 0. The van der Waals surface area contributed by atoms with Crippen LogP contribution in [0.15, 0.2) is 24.3 Å². The second kappa shape index (κ2) is 5.22. The maximum Gasteiger partial charge on any atom is 0.0368 e. The smallest absolute Gasteiger partial charge is 0.0368 e. The van der Waals surface area contributed by atoms with Gasteiger partial charge in [0, 0.05) is 23.6 Å². The standard InChI is InChI=1S/C14H20BrN/c1-11(2)14-4-3-9-16(14)13-7-5-12(10-15)6-8-13/h5-8,11,14H,3-4,9-10H2,1-2H3. The van der Waals surface area contributed by atoms with Gasteiger partial charge < -0.3 is 4.90 Å². The summed E-state index contributed by atoms with van der Waals surface area (Å²) in [7, 11) is 0. The Labute approximate surface area is 107 Å². The Balaban J connectivity index is 2.16. The molecule has 2 heteroatoms. The molecule has 2 rings (SSSR count). The van der Waals surface area contributed by atoms with Crippen LogP contribution in [0.2, 0.25) is 0 Å². The highest BCUT2D eigenvalue weighted by Crippen LogP contribution is 2.29. The minimum Gasteiger partial charge on any atom is -0.368 e. The second-order valence-electron chi connectivity index (χ2n) is 4.95. The van der Waals surface area contributed by atoms with E-state index in [9.17, 15) is 0 Å². The van der Waals surface area contributed by atoms with Crippen molar-refractivity contribution < 1.29 is 0 Å². The summed E-state index contributed by atoms with van der Waals surface area (Å²) >= 11 is 3.49. The average molecular weight is 282 g/mol. The third kappa shape index (κ3) is 2.42. The molecule has 0 saturated carbocycles. The molecule has 0 amide bonds. The topological polar surface area (TPSA) is 3.24 Å². The molecule has 1 aromatic carbocycles. The number of benzene rings is 1. The van der Waals surface area contributed by atoms with Crippen LogP contribution in [-0.4, -0.2) is 12.6 Å². The molecule has 0 radical (unpaired) electrons. The Morgan fingerprint density at radius 1 is 1.31 bits per heavy atom. The van der Waals surface area contributed by atoms with Gasteiger partial charge in [-0.2, -0.15) is 0 Å². The summed E-state index contributed by atoms with van der Waals surface area (Å²) in [5.41, 5.74) is 2.74.